The Hall–Kier alpha value is -1.82. The predicted octanol–water partition coefficient (Wildman–Crippen LogP) is 2.80. The standard InChI is InChI=1S/C14H15BrN2O3/c1-9-16-7-13(14(18)20-3)17(9)8-10-6-11(19-2)4-5-12(10)15/h4-7H,8H2,1-3H3. The van der Waals surface area contributed by atoms with Crippen LogP contribution in [-0.2, 0) is 11.3 Å². The number of methoxy groups -OCH3 is 2. The maximum absolute atomic E-state index is 11.7. The molecule has 1 heterocycles. The van der Waals surface area contributed by atoms with Crippen molar-refractivity contribution in [2.75, 3.05) is 14.2 Å². The van der Waals surface area contributed by atoms with E-state index in [0.29, 0.717) is 12.2 Å². The van der Waals surface area contributed by atoms with E-state index in [9.17, 15) is 4.79 Å². The van der Waals surface area contributed by atoms with Crippen LogP contribution in [0.1, 0.15) is 21.9 Å². The number of hydrogen-bond donors (Lipinski definition) is 0. The molecule has 2 rings (SSSR count). The van der Waals surface area contributed by atoms with Crippen LogP contribution < -0.4 is 4.74 Å². The molecule has 20 heavy (non-hydrogen) atoms. The summed E-state index contributed by atoms with van der Waals surface area (Å²) in [5.74, 6) is 1.12. The molecule has 0 saturated carbocycles. The Morgan fingerprint density at radius 3 is 2.80 bits per heavy atom. The molecule has 0 atom stereocenters. The Morgan fingerprint density at radius 1 is 1.40 bits per heavy atom. The highest BCUT2D eigenvalue weighted by Gasteiger charge is 2.16. The van der Waals surface area contributed by atoms with Gasteiger partial charge in [0, 0.05) is 4.47 Å². The minimum absolute atomic E-state index is 0.399. The van der Waals surface area contributed by atoms with Gasteiger partial charge in [0.15, 0.2) is 0 Å². The van der Waals surface area contributed by atoms with Gasteiger partial charge in [0.2, 0.25) is 0 Å². The van der Waals surface area contributed by atoms with Crippen molar-refractivity contribution in [3.63, 3.8) is 0 Å². The van der Waals surface area contributed by atoms with Crippen LogP contribution in [0.3, 0.4) is 0 Å². The lowest BCUT2D eigenvalue weighted by molar-refractivity contribution is 0.0588. The largest absolute Gasteiger partial charge is 0.497 e. The Labute approximate surface area is 125 Å². The third kappa shape index (κ3) is 2.85. The summed E-state index contributed by atoms with van der Waals surface area (Å²) in [5, 5.41) is 0. The molecule has 6 heteroatoms. The zero-order valence-electron chi connectivity index (χ0n) is 11.5. The van der Waals surface area contributed by atoms with Crippen molar-refractivity contribution in [2.45, 2.75) is 13.5 Å². The van der Waals surface area contributed by atoms with Gasteiger partial charge in [0.25, 0.3) is 0 Å². The number of aromatic nitrogens is 2. The van der Waals surface area contributed by atoms with Crippen LogP contribution in [0.2, 0.25) is 0 Å². The van der Waals surface area contributed by atoms with Gasteiger partial charge in [-0.1, -0.05) is 15.9 Å². The monoisotopic (exact) mass is 338 g/mol. The second-order valence-electron chi connectivity index (χ2n) is 4.23. The first-order chi connectivity index (χ1) is 9.56. The Morgan fingerprint density at radius 2 is 2.15 bits per heavy atom. The van der Waals surface area contributed by atoms with Crippen LogP contribution >= 0.6 is 15.9 Å². The van der Waals surface area contributed by atoms with Gasteiger partial charge in [-0.25, -0.2) is 9.78 Å². The number of rotatable bonds is 4. The van der Waals surface area contributed by atoms with E-state index in [1.54, 1.807) is 7.11 Å². The first kappa shape index (κ1) is 14.6. The lowest BCUT2D eigenvalue weighted by Gasteiger charge is -2.12. The molecule has 0 fully saturated rings. The summed E-state index contributed by atoms with van der Waals surface area (Å²) in [7, 11) is 2.98. The first-order valence-electron chi connectivity index (χ1n) is 5.99. The summed E-state index contributed by atoms with van der Waals surface area (Å²) in [6.07, 6.45) is 1.52. The fraction of sp³-hybridized carbons (Fsp3) is 0.286. The van der Waals surface area contributed by atoms with Crippen molar-refractivity contribution in [3.8, 4) is 5.75 Å². The van der Waals surface area contributed by atoms with E-state index in [1.807, 2.05) is 29.7 Å². The van der Waals surface area contributed by atoms with Crippen LogP contribution in [0.5, 0.6) is 5.75 Å². The molecule has 0 unspecified atom stereocenters. The summed E-state index contributed by atoms with van der Waals surface area (Å²) < 4.78 is 12.7. The second-order valence-corrected chi connectivity index (χ2v) is 5.08. The van der Waals surface area contributed by atoms with Crippen LogP contribution in [0.25, 0.3) is 0 Å². The van der Waals surface area contributed by atoms with Gasteiger partial charge in [0.05, 0.1) is 27.0 Å². The van der Waals surface area contributed by atoms with E-state index in [2.05, 4.69) is 20.9 Å². The third-order valence-electron chi connectivity index (χ3n) is 3.03. The number of imidazole rings is 1. The number of esters is 1. The van der Waals surface area contributed by atoms with E-state index >= 15 is 0 Å². The van der Waals surface area contributed by atoms with E-state index < -0.39 is 5.97 Å². The van der Waals surface area contributed by atoms with Crippen LogP contribution in [0.4, 0.5) is 0 Å². The molecule has 0 radical (unpaired) electrons. The fourth-order valence-corrected chi connectivity index (χ4v) is 2.28. The molecular formula is C14H15BrN2O3. The highest BCUT2D eigenvalue weighted by atomic mass is 79.9. The molecule has 2 aromatic rings. The zero-order valence-corrected chi connectivity index (χ0v) is 13.1. The molecule has 5 nitrogen and oxygen atoms in total. The second kappa shape index (κ2) is 6.09. The molecule has 0 aliphatic heterocycles. The topological polar surface area (TPSA) is 53.3 Å². The van der Waals surface area contributed by atoms with Crippen LogP contribution in [0, 0.1) is 6.92 Å². The van der Waals surface area contributed by atoms with Gasteiger partial charge in [0.1, 0.15) is 17.3 Å². The molecule has 0 amide bonds. The minimum atomic E-state index is -0.399. The van der Waals surface area contributed by atoms with Gasteiger partial charge in [-0.05, 0) is 30.7 Å². The summed E-state index contributed by atoms with van der Waals surface area (Å²) in [4.78, 5) is 15.9. The van der Waals surface area contributed by atoms with Crippen molar-refractivity contribution < 1.29 is 14.3 Å². The third-order valence-corrected chi connectivity index (χ3v) is 3.80. The van der Waals surface area contributed by atoms with E-state index in [1.165, 1.54) is 13.3 Å². The van der Waals surface area contributed by atoms with Crippen LogP contribution in [-0.4, -0.2) is 29.7 Å². The van der Waals surface area contributed by atoms with Crippen molar-refractivity contribution in [1.82, 2.24) is 9.55 Å². The number of benzene rings is 1. The lowest BCUT2D eigenvalue weighted by Crippen LogP contribution is -2.13. The molecule has 1 aromatic heterocycles. The molecule has 0 saturated heterocycles. The molecule has 0 aliphatic rings. The number of carbonyl (C=O) groups is 1. The minimum Gasteiger partial charge on any atom is -0.497 e. The molecule has 1 aromatic carbocycles. The van der Waals surface area contributed by atoms with Crippen molar-refractivity contribution in [1.29, 1.82) is 0 Å². The number of carbonyl (C=O) groups excluding carboxylic acids is 1. The first-order valence-corrected chi connectivity index (χ1v) is 6.79. The highest BCUT2D eigenvalue weighted by Crippen LogP contribution is 2.24. The summed E-state index contributed by atoms with van der Waals surface area (Å²) in [6, 6.07) is 5.71. The molecule has 0 spiro atoms. The quantitative estimate of drug-likeness (QED) is 0.804. The Bertz CT molecular complexity index is 637. The van der Waals surface area contributed by atoms with Crippen molar-refractivity contribution in [2.24, 2.45) is 0 Å². The van der Waals surface area contributed by atoms with Gasteiger partial charge < -0.3 is 14.0 Å². The number of nitrogens with zero attached hydrogens (tertiary/aromatic N) is 2. The van der Waals surface area contributed by atoms with Gasteiger partial charge >= 0.3 is 5.97 Å². The van der Waals surface area contributed by atoms with Gasteiger partial charge in [-0.3, -0.25) is 0 Å². The molecule has 0 bridgehead atoms. The molecule has 0 N–H and O–H groups in total. The molecule has 106 valence electrons. The maximum atomic E-state index is 11.7. The van der Waals surface area contributed by atoms with E-state index in [-0.39, 0.29) is 0 Å². The number of hydrogen-bond acceptors (Lipinski definition) is 4. The summed E-state index contributed by atoms with van der Waals surface area (Å²) in [6.45, 7) is 2.36. The number of ether oxygens (including phenoxy) is 2. The zero-order chi connectivity index (χ0) is 14.7. The summed E-state index contributed by atoms with van der Waals surface area (Å²) in [5.41, 5.74) is 1.43. The highest BCUT2D eigenvalue weighted by molar-refractivity contribution is 9.10. The number of aryl methyl sites for hydroxylation is 1. The maximum Gasteiger partial charge on any atom is 0.356 e. The molecule has 0 aliphatic carbocycles. The van der Waals surface area contributed by atoms with Crippen molar-refractivity contribution in [3.05, 3.63) is 46.0 Å². The van der Waals surface area contributed by atoms with Gasteiger partial charge in [-0.15, -0.1) is 0 Å². The summed E-state index contributed by atoms with van der Waals surface area (Å²) >= 11 is 3.50. The Kier molecular flexibility index (Phi) is 4.44. The SMILES string of the molecule is COC(=O)c1cnc(C)n1Cc1cc(OC)ccc1Br. The Balaban J connectivity index is 2.39. The van der Waals surface area contributed by atoms with E-state index in [4.69, 9.17) is 9.47 Å². The lowest BCUT2D eigenvalue weighted by atomic mass is 10.2. The van der Waals surface area contributed by atoms with E-state index in [0.717, 1.165) is 21.6 Å². The normalized spacial score (nSPS) is 10.4. The van der Waals surface area contributed by atoms with Gasteiger partial charge in [-0.2, -0.15) is 0 Å². The smallest absolute Gasteiger partial charge is 0.356 e. The number of halogens is 1. The fourth-order valence-electron chi connectivity index (χ4n) is 1.90. The molecular weight excluding hydrogens is 324 g/mol. The predicted molar refractivity (Wildman–Crippen MR) is 78.1 cm³/mol. The average Bonchev–Trinajstić information content (AvgIpc) is 2.82. The average molecular weight is 339 g/mol. The van der Waals surface area contributed by atoms with Crippen molar-refractivity contribution >= 4 is 21.9 Å². The van der Waals surface area contributed by atoms with Crippen LogP contribution in [0.15, 0.2) is 28.9 Å².